The van der Waals surface area contributed by atoms with Crippen molar-refractivity contribution in [2.45, 2.75) is 102 Å². The van der Waals surface area contributed by atoms with Crippen molar-refractivity contribution in [1.82, 2.24) is 0 Å². The second-order valence-corrected chi connectivity index (χ2v) is 16.2. The molecule has 1 aliphatic heterocycles. The molecule has 1 aliphatic carbocycles. The number of aliphatic hydroxyl groups excluding tert-OH is 1. The minimum absolute atomic E-state index is 0.117. The Kier molecular flexibility index (Phi) is 13.0. The van der Waals surface area contributed by atoms with Crippen LogP contribution in [0.3, 0.4) is 0 Å². The highest BCUT2D eigenvalue weighted by Crippen LogP contribution is 2.44. The minimum atomic E-state index is -0.620. The van der Waals surface area contributed by atoms with Gasteiger partial charge in [-0.05, 0) is 67.5 Å². The Bertz CT molecular complexity index is 1980. The molecule has 54 heavy (non-hydrogen) atoms. The van der Waals surface area contributed by atoms with E-state index in [0.29, 0.717) is 33.0 Å². The molecule has 1 saturated heterocycles. The molecular formula is C47H52O6S. The molecule has 5 aromatic rings. The molecule has 0 spiro atoms. The van der Waals surface area contributed by atoms with Gasteiger partial charge in [-0.2, -0.15) is 0 Å². The van der Waals surface area contributed by atoms with Crippen LogP contribution in [0.5, 0.6) is 0 Å². The molecule has 7 heteroatoms. The van der Waals surface area contributed by atoms with Gasteiger partial charge < -0.3 is 28.8 Å². The van der Waals surface area contributed by atoms with E-state index < -0.39 is 36.0 Å². The predicted molar refractivity (Wildman–Crippen MR) is 215 cm³/mol. The largest absolute Gasteiger partial charge is 0.387 e. The van der Waals surface area contributed by atoms with Gasteiger partial charge in [-0.15, -0.1) is 11.8 Å². The van der Waals surface area contributed by atoms with E-state index in [9.17, 15) is 5.11 Å². The maximum absolute atomic E-state index is 11.6. The summed E-state index contributed by atoms with van der Waals surface area (Å²) in [4.78, 5) is 0. The number of fused-ring (bicyclic) bond motifs is 1. The molecule has 1 N–H and O–H groups in total. The van der Waals surface area contributed by atoms with Gasteiger partial charge in [0.2, 0.25) is 0 Å². The van der Waals surface area contributed by atoms with Crippen LogP contribution in [-0.2, 0) is 56.5 Å². The zero-order valence-corrected chi connectivity index (χ0v) is 32.5. The lowest BCUT2D eigenvalue weighted by atomic mass is 9.98. The first-order valence-corrected chi connectivity index (χ1v) is 19.9. The van der Waals surface area contributed by atoms with Crippen molar-refractivity contribution in [2.75, 3.05) is 6.61 Å². The molecule has 0 bridgehead atoms. The van der Waals surface area contributed by atoms with Crippen LogP contribution in [0.4, 0.5) is 0 Å². The van der Waals surface area contributed by atoms with Crippen molar-refractivity contribution in [2.24, 2.45) is 0 Å². The number of aliphatic hydroxyl groups is 1. The number of thioether (sulfide) groups is 1. The third kappa shape index (κ3) is 9.89. The van der Waals surface area contributed by atoms with E-state index in [4.69, 9.17) is 23.7 Å². The number of benzene rings is 5. The third-order valence-electron chi connectivity index (χ3n) is 10.3. The minimum Gasteiger partial charge on any atom is -0.387 e. The second kappa shape index (κ2) is 18.2. The molecule has 0 saturated carbocycles. The molecule has 1 heterocycles. The number of ether oxygens (including phenoxy) is 5. The lowest BCUT2D eigenvalue weighted by Crippen LogP contribution is -2.60. The van der Waals surface area contributed by atoms with Gasteiger partial charge in [-0.3, -0.25) is 0 Å². The molecule has 7 atom stereocenters. The summed E-state index contributed by atoms with van der Waals surface area (Å²) < 4.78 is 34.4. The van der Waals surface area contributed by atoms with E-state index in [1.165, 1.54) is 27.8 Å². The standard InChI is InChI=1S/C47H52O6S/c1-31-11-7-15-35(21-31)26-49-30-41-44(50-27-36-16-8-12-32(2)22-36)45(51-28-37-17-9-13-33(3)23-37)46(52-29-38-18-10-14-34(4)24-38)47(53-41)54-42-25-39-19-5-6-20-40(39)43(42)48/h5-24,41-48H,25-30H2,1-4H3/t41-,42-,43+,44-,45+,46-,47-/m1/s1. The molecule has 282 valence electrons. The number of hydrogen-bond donors (Lipinski definition) is 1. The van der Waals surface area contributed by atoms with Crippen molar-refractivity contribution in [3.8, 4) is 0 Å². The highest BCUT2D eigenvalue weighted by molar-refractivity contribution is 8.00. The Hall–Kier alpha value is -3.79. The van der Waals surface area contributed by atoms with Gasteiger partial charge in [0.25, 0.3) is 0 Å². The summed E-state index contributed by atoms with van der Waals surface area (Å²) >= 11 is 1.63. The van der Waals surface area contributed by atoms with Gasteiger partial charge in [0.15, 0.2) is 0 Å². The quantitative estimate of drug-likeness (QED) is 0.115. The van der Waals surface area contributed by atoms with E-state index in [2.05, 4.69) is 131 Å². The van der Waals surface area contributed by atoms with E-state index in [1.807, 2.05) is 18.2 Å². The van der Waals surface area contributed by atoms with E-state index in [-0.39, 0.29) is 5.25 Å². The highest BCUT2D eigenvalue weighted by atomic mass is 32.2. The van der Waals surface area contributed by atoms with Crippen molar-refractivity contribution >= 4 is 11.8 Å². The van der Waals surface area contributed by atoms with Crippen LogP contribution in [0.1, 0.15) is 61.7 Å². The van der Waals surface area contributed by atoms with Gasteiger partial charge in [-0.25, -0.2) is 0 Å². The van der Waals surface area contributed by atoms with Crippen LogP contribution in [0.25, 0.3) is 0 Å². The number of rotatable bonds is 15. The van der Waals surface area contributed by atoms with Crippen molar-refractivity contribution in [3.63, 3.8) is 0 Å². The van der Waals surface area contributed by atoms with Gasteiger partial charge >= 0.3 is 0 Å². The van der Waals surface area contributed by atoms with Crippen LogP contribution in [0.15, 0.2) is 121 Å². The van der Waals surface area contributed by atoms with E-state index >= 15 is 0 Å². The third-order valence-corrected chi connectivity index (χ3v) is 11.7. The summed E-state index contributed by atoms with van der Waals surface area (Å²) in [5, 5.41) is 11.5. The monoisotopic (exact) mass is 744 g/mol. The van der Waals surface area contributed by atoms with Crippen LogP contribution in [0, 0.1) is 27.7 Å². The van der Waals surface area contributed by atoms with Gasteiger partial charge in [0.1, 0.15) is 29.9 Å². The second-order valence-electron chi connectivity index (χ2n) is 14.9. The molecule has 6 nitrogen and oxygen atoms in total. The number of aryl methyl sites for hydroxylation is 4. The molecule has 0 unspecified atom stereocenters. The maximum Gasteiger partial charge on any atom is 0.133 e. The summed E-state index contributed by atoms with van der Waals surface area (Å²) in [5.41, 5.74) is 10.7. The Morgan fingerprint density at radius 1 is 0.574 bits per heavy atom. The van der Waals surface area contributed by atoms with Crippen LogP contribution >= 0.6 is 11.8 Å². The Morgan fingerprint density at radius 2 is 1.06 bits per heavy atom. The van der Waals surface area contributed by atoms with Gasteiger partial charge in [0.05, 0.1) is 39.1 Å². The molecule has 7 rings (SSSR count). The lowest BCUT2D eigenvalue weighted by molar-refractivity contribution is -0.254. The van der Waals surface area contributed by atoms with Crippen molar-refractivity contribution < 1.29 is 28.8 Å². The molecule has 1 fully saturated rings. The fourth-order valence-electron chi connectivity index (χ4n) is 7.60. The summed E-state index contributed by atoms with van der Waals surface area (Å²) in [6, 6.07) is 41.7. The average molecular weight is 745 g/mol. The highest BCUT2D eigenvalue weighted by Gasteiger charge is 2.50. The normalized spacial score (nSPS) is 23.7. The Labute approximate surface area is 324 Å². The lowest BCUT2D eigenvalue weighted by Gasteiger charge is -2.46. The fourth-order valence-corrected chi connectivity index (χ4v) is 9.11. The Morgan fingerprint density at radius 3 is 1.57 bits per heavy atom. The zero-order valence-electron chi connectivity index (χ0n) is 31.7. The molecular weight excluding hydrogens is 693 g/mol. The van der Waals surface area contributed by atoms with E-state index in [1.54, 1.807) is 11.8 Å². The predicted octanol–water partition coefficient (Wildman–Crippen LogP) is 9.31. The first-order valence-electron chi connectivity index (χ1n) is 19.0. The first-order chi connectivity index (χ1) is 26.3. The van der Waals surface area contributed by atoms with E-state index in [0.717, 1.165) is 34.2 Å². The first kappa shape index (κ1) is 38.5. The molecule has 0 radical (unpaired) electrons. The topological polar surface area (TPSA) is 66.4 Å². The molecule has 2 aliphatic rings. The van der Waals surface area contributed by atoms with Gasteiger partial charge in [0, 0.05) is 5.25 Å². The maximum atomic E-state index is 11.6. The molecule has 5 aromatic carbocycles. The van der Waals surface area contributed by atoms with Crippen LogP contribution < -0.4 is 0 Å². The summed E-state index contributed by atoms with van der Waals surface area (Å²) in [5.74, 6) is 0. The van der Waals surface area contributed by atoms with Crippen LogP contribution in [0.2, 0.25) is 0 Å². The summed E-state index contributed by atoms with van der Waals surface area (Å²) in [6.07, 6.45) is -1.91. The number of hydrogen-bond acceptors (Lipinski definition) is 7. The molecule has 0 aromatic heterocycles. The zero-order chi connectivity index (χ0) is 37.4. The SMILES string of the molecule is Cc1cccc(COC[C@H]2O[C@H](S[C@@H]3Cc4ccccc4[C@@H]3O)[C@H](OCc3cccc(C)c3)[C@@H](OCc3cccc(C)c3)[C@@H]2OCc2cccc(C)c2)c1. The van der Waals surface area contributed by atoms with Gasteiger partial charge in [-0.1, -0.05) is 144 Å². The van der Waals surface area contributed by atoms with Crippen LogP contribution in [-0.4, -0.2) is 46.8 Å². The van der Waals surface area contributed by atoms with Crippen molar-refractivity contribution in [3.05, 3.63) is 177 Å². The summed E-state index contributed by atoms with van der Waals surface area (Å²) in [6.45, 7) is 10.3. The fraction of sp³-hybridized carbons (Fsp3) is 0.362. The summed E-state index contributed by atoms with van der Waals surface area (Å²) in [7, 11) is 0. The average Bonchev–Trinajstić information content (AvgIpc) is 3.47. The van der Waals surface area contributed by atoms with Crippen molar-refractivity contribution in [1.29, 1.82) is 0 Å². The molecule has 0 amide bonds. The Balaban J connectivity index is 1.22. The smallest absolute Gasteiger partial charge is 0.133 e.